The lowest BCUT2D eigenvalue weighted by atomic mass is 10.1. The smallest absolute Gasteiger partial charge is 0.0421 e. The summed E-state index contributed by atoms with van der Waals surface area (Å²) in [6.45, 7) is 2.77. The summed E-state index contributed by atoms with van der Waals surface area (Å²) in [6.07, 6.45) is 3.63. The second-order valence-corrected chi connectivity index (χ2v) is 3.74. The number of hydrogen-bond donors (Lipinski definition) is 2. The standard InChI is InChI=1S/C13H15N3/c1-10-8-15-7-6-13(10)16-9-11-4-2-3-5-12(11)14/h2-8H,9,14H2,1H3,(H,15,16). The molecule has 2 aromatic rings. The molecular formula is C13H15N3. The average molecular weight is 213 g/mol. The first-order chi connectivity index (χ1) is 7.77. The van der Waals surface area contributed by atoms with Crippen molar-refractivity contribution in [1.82, 2.24) is 4.98 Å². The van der Waals surface area contributed by atoms with Gasteiger partial charge in [-0.05, 0) is 30.2 Å². The number of aromatic nitrogens is 1. The van der Waals surface area contributed by atoms with E-state index in [2.05, 4.69) is 10.3 Å². The maximum Gasteiger partial charge on any atom is 0.0421 e. The van der Waals surface area contributed by atoms with Crippen LogP contribution < -0.4 is 11.1 Å². The second-order valence-electron chi connectivity index (χ2n) is 3.74. The molecule has 0 bridgehead atoms. The molecular weight excluding hydrogens is 198 g/mol. The lowest BCUT2D eigenvalue weighted by molar-refractivity contribution is 1.13. The van der Waals surface area contributed by atoms with Crippen LogP contribution >= 0.6 is 0 Å². The molecule has 3 N–H and O–H groups in total. The van der Waals surface area contributed by atoms with Gasteiger partial charge in [-0.3, -0.25) is 4.98 Å². The van der Waals surface area contributed by atoms with Crippen LogP contribution in [0.1, 0.15) is 11.1 Å². The number of pyridine rings is 1. The molecule has 1 heterocycles. The Morgan fingerprint density at radius 1 is 1.25 bits per heavy atom. The Morgan fingerprint density at radius 3 is 2.81 bits per heavy atom. The maximum atomic E-state index is 5.87. The molecule has 2 rings (SSSR count). The third kappa shape index (κ3) is 2.31. The molecule has 3 nitrogen and oxygen atoms in total. The van der Waals surface area contributed by atoms with Crippen LogP contribution in [0.25, 0.3) is 0 Å². The minimum atomic E-state index is 0.734. The summed E-state index contributed by atoms with van der Waals surface area (Å²) >= 11 is 0. The van der Waals surface area contributed by atoms with Crippen LogP contribution in [0.3, 0.4) is 0 Å². The predicted octanol–water partition coefficient (Wildman–Crippen LogP) is 2.58. The third-order valence-electron chi connectivity index (χ3n) is 2.54. The monoisotopic (exact) mass is 213 g/mol. The maximum absolute atomic E-state index is 5.87. The highest BCUT2D eigenvalue weighted by Gasteiger charge is 1.99. The molecule has 0 aliphatic rings. The van der Waals surface area contributed by atoms with Crippen LogP contribution in [0.15, 0.2) is 42.7 Å². The Morgan fingerprint density at radius 2 is 2.06 bits per heavy atom. The van der Waals surface area contributed by atoms with Gasteiger partial charge in [0.25, 0.3) is 0 Å². The molecule has 0 radical (unpaired) electrons. The zero-order chi connectivity index (χ0) is 11.4. The highest BCUT2D eigenvalue weighted by Crippen LogP contribution is 2.16. The minimum absolute atomic E-state index is 0.734. The van der Waals surface area contributed by atoms with Crippen molar-refractivity contribution in [2.75, 3.05) is 11.1 Å². The molecule has 16 heavy (non-hydrogen) atoms. The highest BCUT2D eigenvalue weighted by molar-refractivity contribution is 5.52. The molecule has 0 spiro atoms. The summed E-state index contributed by atoms with van der Waals surface area (Å²) in [5, 5.41) is 3.35. The highest BCUT2D eigenvalue weighted by atomic mass is 14.9. The van der Waals surface area contributed by atoms with Crippen molar-refractivity contribution in [1.29, 1.82) is 0 Å². The Balaban J connectivity index is 2.09. The summed E-state index contributed by atoms with van der Waals surface area (Å²) in [5.74, 6) is 0. The van der Waals surface area contributed by atoms with Crippen molar-refractivity contribution in [2.24, 2.45) is 0 Å². The fourth-order valence-corrected chi connectivity index (χ4v) is 1.56. The van der Waals surface area contributed by atoms with Crippen molar-refractivity contribution in [3.05, 3.63) is 53.9 Å². The molecule has 0 fully saturated rings. The largest absolute Gasteiger partial charge is 0.398 e. The SMILES string of the molecule is Cc1cnccc1NCc1ccccc1N. The normalized spacial score (nSPS) is 10.1. The number of anilines is 2. The molecule has 0 unspecified atom stereocenters. The number of benzene rings is 1. The fraction of sp³-hybridized carbons (Fsp3) is 0.154. The summed E-state index contributed by atoms with van der Waals surface area (Å²) < 4.78 is 0. The minimum Gasteiger partial charge on any atom is -0.398 e. The molecule has 3 heteroatoms. The number of nitrogens with one attached hydrogen (secondary N) is 1. The first-order valence-electron chi connectivity index (χ1n) is 5.25. The quantitative estimate of drug-likeness (QED) is 0.770. The third-order valence-corrected chi connectivity index (χ3v) is 2.54. The van der Waals surface area contributed by atoms with Crippen LogP contribution in [0, 0.1) is 6.92 Å². The van der Waals surface area contributed by atoms with Gasteiger partial charge in [-0.1, -0.05) is 18.2 Å². The Kier molecular flexibility index (Phi) is 3.05. The van der Waals surface area contributed by atoms with Crippen molar-refractivity contribution >= 4 is 11.4 Å². The number of hydrogen-bond acceptors (Lipinski definition) is 3. The van der Waals surface area contributed by atoms with Crippen molar-refractivity contribution in [2.45, 2.75) is 13.5 Å². The van der Waals surface area contributed by atoms with Crippen LogP contribution in [0.2, 0.25) is 0 Å². The predicted molar refractivity (Wildman–Crippen MR) is 67.2 cm³/mol. The van der Waals surface area contributed by atoms with Crippen LogP contribution in [0.4, 0.5) is 11.4 Å². The van der Waals surface area contributed by atoms with E-state index in [-0.39, 0.29) is 0 Å². The fourth-order valence-electron chi connectivity index (χ4n) is 1.56. The van der Waals surface area contributed by atoms with Gasteiger partial charge < -0.3 is 11.1 Å². The molecule has 0 aliphatic heterocycles. The first-order valence-corrected chi connectivity index (χ1v) is 5.25. The Bertz CT molecular complexity index is 435. The van der Waals surface area contributed by atoms with E-state index in [9.17, 15) is 0 Å². The Labute approximate surface area is 95.3 Å². The van der Waals surface area contributed by atoms with Gasteiger partial charge in [0.15, 0.2) is 0 Å². The summed E-state index contributed by atoms with van der Waals surface area (Å²) in [4.78, 5) is 4.05. The number of nitrogens with two attached hydrogens (primary N) is 1. The van der Waals surface area contributed by atoms with E-state index in [0.29, 0.717) is 0 Å². The molecule has 1 aromatic heterocycles. The van der Waals surface area contributed by atoms with Crippen LogP contribution in [-0.4, -0.2) is 4.98 Å². The van der Waals surface area contributed by atoms with Crippen molar-refractivity contribution < 1.29 is 0 Å². The van der Waals surface area contributed by atoms with Gasteiger partial charge in [-0.15, -0.1) is 0 Å². The molecule has 0 atom stereocenters. The lowest BCUT2D eigenvalue weighted by Crippen LogP contribution is -2.03. The second kappa shape index (κ2) is 4.66. The number of nitrogens with zero attached hydrogens (tertiary/aromatic N) is 1. The van der Waals surface area contributed by atoms with Crippen molar-refractivity contribution in [3.8, 4) is 0 Å². The number of para-hydroxylation sites is 1. The van der Waals surface area contributed by atoms with Crippen LogP contribution in [0.5, 0.6) is 0 Å². The summed E-state index contributed by atoms with van der Waals surface area (Å²) in [6, 6.07) is 9.84. The number of nitrogen functional groups attached to an aromatic ring is 1. The van der Waals surface area contributed by atoms with Crippen LogP contribution in [-0.2, 0) is 6.54 Å². The van der Waals surface area contributed by atoms with Gasteiger partial charge in [0.05, 0.1) is 0 Å². The lowest BCUT2D eigenvalue weighted by Gasteiger charge is -2.10. The van der Waals surface area contributed by atoms with E-state index < -0.39 is 0 Å². The van der Waals surface area contributed by atoms with E-state index in [1.807, 2.05) is 43.5 Å². The number of rotatable bonds is 3. The molecule has 0 saturated heterocycles. The molecule has 0 amide bonds. The zero-order valence-electron chi connectivity index (χ0n) is 9.27. The van der Waals surface area contributed by atoms with Gasteiger partial charge in [-0.2, -0.15) is 0 Å². The van der Waals surface area contributed by atoms with Crippen molar-refractivity contribution in [3.63, 3.8) is 0 Å². The van der Waals surface area contributed by atoms with Gasteiger partial charge in [0.1, 0.15) is 0 Å². The van der Waals surface area contributed by atoms with E-state index in [1.54, 1.807) is 6.20 Å². The van der Waals surface area contributed by atoms with E-state index in [1.165, 1.54) is 0 Å². The number of aryl methyl sites for hydroxylation is 1. The van der Waals surface area contributed by atoms with Gasteiger partial charge in [-0.25, -0.2) is 0 Å². The van der Waals surface area contributed by atoms with E-state index in [4.69, 9.17) is 5.73 Å². The first kappa shape index (κ1) is 10.5. The molecule has 0 aliphatic carbocycles. The molecule has 1 aromatic carbocycles. The summed E-state index contributed by atoms with van der Waals surface area (Å²) in [7, 11) is 0. The van der Waals surface area contributed by atoms with Gasteiger partial charge in [0, 0.05) is 30.3 Å². The molecule has 82 valence electrons. The van der Waals surface area contributed by atoms with Gasteiger partial charge >= 0.3 is 0 Å². The average Bonchev–Trinajstić information content (AvgIpc) is 2.30. The zero-order valence-corrected chi connectivity index (χ0v) is 9.27. The van der Waals surface area contributed by atoms with E-state index in [0.717, 1.165) is 29.0 Å². The van der Waals surface area contributed by atoms with Gasteiger partial charge in [0.2, 0.25) is 0 Å². The topological polar surface area (TPSA) is 50.9 Å². The molecule has 0 saturated carbocycles. The van der Waals surface area contributed by atoms with E-state index >= 15 is 0 Å². The Hall–Kier alpha value is -2.03. The summed E-state index contributed by atoms with van der Waals surface area (Å²) in [5.41, 5.74) is 10.0.